The average molecular weight is 578 g/mol. The molecule has 204 valence electrons. The predicted molar refractivity (Wildman–Crippen MR) is 149 cm³/mol. The Morgan fingerprint density at radius 1 is 0.900 bits per heavy atom. The van der Waals surface area contributed by atoms with Crippen molar-refractivity contribution in [2.24, 2.45) is 10.1 Å². The van der Waals surface area contributed by atoms with Crippen LogP contribution in [0.2, 0.25) is 0 Å². The Morgan fingerprint density at radius 3 is 1.85 bits per heavy atom. The second-order valence-electron chi connectivity index (χ2n) is 8.44. The number of ether oxygens (including phenoxy) is 1. The molecule has 1 aromatic heterocycles. The molecule has 0 radical (unpaired) electrons. The molecule has 9 nitrogen and oxygen atoms in total. The number of aromatic nitrogens is 1. The molecule has 0 aliphatic rings. The number of Topliss-reactive ketones (excluding diaryl/α,β-unsaturated/α-hetero) is 1. The number of nitrogens with zero attached hydrogens (tertiary/aromatic N) is 3. The Labute approximate surface area is 238 Å². The highest BCUT2D eigenvalue weighted by molar-refractivity contribution is 7.07. The molecule has 0 spiro atoms. The van der Waals surface area contributed by atoms with Crippen LogP contribution >= 0.6 is 22.9 Å². The standard InChI is InChI=1S/C29H24ClN3O6S/c1-20(34)18-38-27(36)26(24-19-40-28(33(24)37)31-25(35)17-30)32-39-29(21-11-5-2-6-12-21,22-13-7-3-8-14-22)23-15-9-4-10-16-23/h2-16,19,37H,17-18H2,1H3/b31-28?,32-26-. The Hall–Kier alpha value is -4.54. The van der Waals surface area contributed by atoms with Crippen molar-refractivity contribution in [3.8, 4) is 0 Å². The van der Waals surface area contributed by atoms with Crippen LogP contribution in [0.5, 0.6) is 0 Å². The Bertz CT molecular complexity index is 1490. The van der Waals surface area contributed by atoms with Crippen LogP contribution < -0.4 is 4.80 Å². The first kappa shape index (κ1) is 28.5. The minimum Gasteiger partial charge on any atom is -0.453 e. The second kappa shape index (κ2) is 13.0. The molecule has 0 aliphatic carbocycles. The summed E-state index contributed by atoms with van der Waals surface area (Å²) in [5.41, 5.74) is 0.165. The highest BCUT2D eigenvalue weighted by atomic mass is 35.5. The zero-order chi connectivity index (χ0) is 28.5. The van der Waals surface area contributed by atoms with Gasteiger partial charge in [0, 0.05) is 22.1 Å². The van der Waals surface area contributed by atoms with Gasteiger partial charge in [0.15, 0.2) is 5.78 Å². The maximum Gasteiger partial charge on any atom is 0.363 e. The van der Waals surface area contributed by atoms with Gasteiger partial charge in [0.05, 0.1) is 0 Å². The van der Waals surface area contributed by atoms with Crippen LogP contribution in [0.3, 0.4) is 0 Å². The van der Waals surface area contributed by atoms with Gasteiger partial charge in [0.1, 0.15) is 18.2 Å². The average Bonchev–Trinajstić information content (AvgIpc) is 3.34. The molecule has 3 aromatic carbocycles. The highest BCUT2D eigenvalue weighted by Crippen LogP contribution is 2.40. The number of rotatable bonds is 10. The molecule has 0 saturated carbocycles. The number of thiazole rings is 1. The molecule has 0 atom stereocenters. The molecule has 40 heavy (non-hydrogen) atoms. The first-order chi connectivity index (χ1) is 19.4. The molecule has 1 amide bonds. The maximum absolute atomic E-state index is 13.2. The molecule has 0 aliphatic heterocycles. The van der Waals surface area contributed by atoms with E-state index in [0.717, 1.165) is 11.3 Å². The third kappa shape index (κ3) is 6.19. The van der Waals surface area contributed by atoms with Crippen molar-refractivity contribution < 1.29 is 29.2 Å². The van der Waals surface area contributed by atoms with Crippen molar-refractivity contribution in [3.63, 3.8) is 0 Å². The summed E-state index contributed by atoms with van der Waals surface area (Å²) in [6.07, 6.45) is 0. The first-order valence-corrected chi connectivity index (χ1v) is 13.4. The number of amides is 1. The summed E-state index contributed by atoms with van der Waals surface area (Å²) in [7, 11) is 0. The Balaban J connectivity index is 1.94. The van der Waals surface area contributed by atoms with Crippen molar-refractivity contribution >= 4 is 46.3 Å². The molecule has 11 heteroatoms. The summed E-state index contributed by atoms with van der Waals surface area (Å²) in [4.78, 5) is 46.4. The van der Waals surface area contributed by atoms with Gasteiger partial charge in [-0.05, 0) is 6.92 Å². The maximum atomic E-state index is 13.2. The summed E-state index contributed by atoms with van der Waals surface area (Å²) in [6.45, 7) is 0.744. The second-order valence-corrected chi connectivity index (χ2v) is 9.55. The van der Waals surface area contributed by atoms with Crippen LogP contribution in [0.15, 0.2) is 107 Å². The quantitative estimate of drug-likeness (QED) is 0.0749. The fourth-order valence-electron chi connectivity index (χ4n) is 3.89. The van der Waals surface area contributed by atoms with Gasteiger partial charge < -0.3 is 14.8 Å². The van der Waals surface area contributed by atoms with Crippen LogP contribution in [-0.4, -0.2) is 45.8 Å². The van der Waals surface area contributed by atoms with E-state index in [9.17, 15) is 19.6 Å². The van der Waals surface area contributed by atoms with E-state index in [1.54, 1.807) is 0 Å². The molecule has 0 saturated heterocycles. The Morgan fingerprint density at radius 2 is 1.40 bits per heavy atom. The largest absolute Gasteiger partial charge is 0.453 e. The van der Waals surface area contributed by atoms with E-state index in [4.69, 9.17) is 21.2 Å². The topological polar surface area (TPSA) is 120 Å². The van der Waals surface area contributed by atoms with Gasteiger partial charge in [-0.25, -0.2) is 4.79 Å². The van der Waals surface area contributed by atoms with Gasteiger partial charge in [-0.1, -0.05) is 96.2 Å². The van der Waals surface area contributed by atoms with Gasteiger partial charge in [0.25, 0.3) is 5.91 Å². The smallest absolute Gasteiger partial charge is 0.363 e. The SMILES string of the molecule is CC(=O)COC(=O)/C(=N\OC(c1ccccc1)(c1ccccc1)c1ccccc1)c1csc(=NC(=O)CCl)n1O. The molecule has 4 rings (SSSR count). The molecule has 1 N–H and O–H groups in total. The third-order valence-corrected chi connectivity index (χ3v) is 6.72. The van der Waals surface area contributed by atoms with Crippen molar-refractivity contribution in [1.82, 2.24) is 4.73 Å². The lowest BCUT2D eigenvalue weighted by Crippen LogP contribution is -2.33. The monoisotopic (exact) mass is 577 g/mol. The predicted octanol–water partition coefficient (Wildman–Crippen LogP) is 4.30. The number of oxime groups is 1. The minimum absolute atomic E-state index is 0.145. The zero-order valence-electron chi connectivity index (χ0n) is 21.3. The molecule has 0 unspecified atom stereocenters. The normalized spacial score (nSPS) is 12.2. The van der Waals surface area contributed by atoms with Crippen LogP contribution in [0, 0.1) is 0 Å². The van der Waals surface area contributed by atoms with Crippen molar-refractivity contribution in [2.75, 3.05) is 12.5 Å². The number of hydrogen-bond acceptors (Lipinski definition) is 8. The lowest BCUT2D eigenvalue weighted by atomic mass is 9.80. The lowest BCUT2D eigenvalue weighted by molar-refractivity contribution is -0.141. The minimum atomic E-state index is -1.34. The van der Waals surface area contributed by atoms with Gasteiger partial charge in [-0.15, -0.1) is 22.9 Å². The van der Waals surface area contributed by atoms with Crippen LogP contribution in [0.1, 0.15) is 29.3 Å². The van der Waals surface area contributed by atoms with E-state index in [0.29, 0.717) is 21.4 Å². The fourth-order valence-corrected chi connectivity index (χ4v) is 4.73. The Kier molecular flexibility index (Phi) is 9.26. The molecular weight excluding hydrogens is 554 g/mol. The number of carbonyl (C=O) groups excluding carboxylic acids is 3. The molecule has 0 fully saturated rings. The van der Waals surface area contributed by atoms with E-state index in [-0.39, 0.29) is 10.5 Å². The summed E-state index contributed by atoms with van der Waals surface area (Å²) in [5, 5.41) is 16.4. The summed E-state index contributed by atoms with van der Waals surface area (Å²) in [6, 6.07) is 27.9. The zero-order valence-corrected chi connectivity index (χ0v) is 22.8. The van der Waals surface area contributed by atoms with Crippen LogP contribution in [0.4, 0.5) is 0 Å². The number of ketones is 1. The number of alkyl halides is 1. The van der Waals surface area contributed by atoms with Gasteiger partial charge >= 0.3 is 5.97 Å². The number of hydrogen-bond donors (Lipinski definition) is 1. The number of halogens is 1. The number of benzene rings is 3. The fraction of sp³-hybridized carbons (Fsp3) is 0.138. The first-order valence-electron chi connectivity index (χ1n) is 12.0. The van der Waals surface area contributed by atoms with Gasteiger partial charge in [-0.3, -0.25) is 9.59 Å². The van der Waals surface area contributed by atoms with E-state index in [2.05, 4.69) is 10.1 Å². The van der Waals surface area contributed by atoms with Crippen LogP contribution in [-0.2, 0) is 29.6 Å². The van der Waals surface area contributed by atoms with Gasteiger partial charge in [0.2, 0.25) is 16.1 Å². The van der Waals surface area contributed by atoms with E-state index in [1.165, 1.54) is 12.3 Å². The van der Waals surface area contributed by atoms with E-state index >= 15 is 0 Å². The van der Waals surface area contributed by atoms with Gasteiger partial charge in [-0.2, -0.15) is 9.72 Å². The molecule has 4 aromatic rings. The van der Waals surface area contributed by atoms with Crippen molar-refractivity contribution in [2.45, 2.75) is 12.5 Å². The third-order valence-electron chi connectivity index (χ3n) is 5.68. The highest BCUT2D eigenvalue weighted by Gasteiger charge is 2.40. The van der Waals surface area contributed by atoms with Crippen LogP contribution in [0.25, 0.3) is 0 Å². The molecule has 0 bridgehead atoms. The molecular formula is C29H24ClN3O6S. The van der Waals surface area contributed by atoms with E-state index < -0.39 is 41.5 Å². The van der Waals surface area contributed by atoms with E-state index in [1.807, 2.05) is 91.0 Å². The summed E-state index contributed by atoms with van der Waals surface area (Å²) < 4.78 is 5.65. The lowest BCUT2D eigenvalue weighted by Gasteiger charge is -2.33. The molecule has 1 heterocycles. The summed E-state index contributed by atoms with van der Waals surface area (Å²) >= 11 is 6.41. The summed E-state index contributed by atoms with van der Waals surface area (Å²) in [5.74, 6) is -2.52. The van der Waals surface area contributed by atoms with Crippen molar-refractivity contribution in [1.29, 1.82) is 0 Å². The van der Waals surface area contributed by atoms with Crippen molar-refractivity contribution in [3.05, 3.63) is 124 Å². The number of esters is 1. The number of carbonyl (C=O) groups is 3.